The fraction of sp³-hybridized carbons (Fsp3) is 0.632. The number of methoxy groups -OCH3 is 1. The second-order valence-electron chi connectivity index (χ2n) is 7.28. The van der Waals surface area contributed by atoms with Crippen molar-refractivity contribution >= 4 is 11.7 Å². The Kier molecular flexibility index (Phi) is 5.35. The number of hydrogen-bond acceptors (Lipinski definition) is 4. The quantitative estimate of drug-likeness (QED) is 0.785. The number of rotatable bonds is 4. The minimum absolute atomic E-state index is 0.0347. The van der Waals surface area contributed by atoms with Crippen molar-refractivity contribution in [1.82, 2.24) is 0 Å². The summed E-state index contributed by atoms with van der Waals surface area (Å²) in [4.78, 5) is 14.4. The maximum atomic E-state index is 12.1. The lowest BCUT2D eigenvalue weighted by Gasteiger charge is -2.41. The first kappa shape index (κ1) is 17.8. The van der Waals surface area contributed by atoms with Crippen LogP contribution in [0.1, 0.15) is 57.3 Å². The highest BCUT2D eigenvalue weighted by Gasteiger charge is 2.32. The van der Waals surface area contributed by atoms with Gasteiger partial charge in [0.15, 0.2) is 0 Å². The molecule has 4 nitrogen and oxygen atoms in total. The summed E-state index contributed by atoms with van der Waals surface area (Å²) in [6.45, 7) is 9.78. The maximum Gasteiger partial charge on any atom is 0.338 e. The molecule has 1 aliphatic rings. The molecular formula is C19H29NO3. The van der Waals surface area contributed by atoms with Crippen LogP contribution >= 0.6 is 0 Å². The smallest absolute Gasteiger partial charge is 0.338 e. The number of esters is 1. The summed E-state index contributed by atoms with van der Waals surface area (Å²) in [6, 6.07) is 7.71. The van der Waals surface area contributed by atoms with Crippen LogP contribution in [0, 0.1) is 0 Å². The van der Waals surface area contributed by atoms with Crippen LogP contribution in [0.2, 0.25) is 0 Å². The minimum atomic E-state index is -0.466. The van der Waals surface area contributed by atoms with E-state index in [0.717, 1.165) is 38.0 Å². The van der Waals surface area contributed by atoms with Gasteiger partial charge in [0.2, 0.25) is 0 Å². The molecule has 128 valence electrons. The Hall–Kier alpha value is -1.55. The van der Waals surface area contributed by atoms with E-state index in [9.17, 15) is 4.79 Å². The lowest BCUT2D eigenvalue weighted by Crippen LogP contribution is -2.45. The summed E-state index contributed by atoms with van der Waals surface area (Å²) < 4.78 is 11.1. The van der Waals surface area contributed by atoms with E-state index < -0.39 is 5.60 Å². The monoisotopic (exact) mass is 319 g/mol. The number of ether oxygens (including phenoxy) is 2. The summed E-state index contributed by atoms with van der Waals surface area (Å²) in [5.74, 6) is -0.271. The molecule has 1 aromatic rings. The van der Waals surface area contributed by atoms with E-state index in [1.54, 1.807) is 0 Å². The number of nitrogens with zero attached hydrogens (tertiary/aromatic N) is 1. The van der Waals surface area contributed by atoms with Gasteiger partial charge in [-0.1, -0.05) is 6.92 Å². The molecule has 0 unspecified atom stereocenters. The average Bonchev–Trinajstić information content (AvgIpc) is 2.53. The SMILES string of the molecule is CCC1(OC)CCN(c2ccc(C(=O)OC(C)(C)C)cc2)CC1. The van der Waals surface area contributed by atoms with Crippen LogP contribution in [-0.2, 0) is 9.47 Å². The molecule has 0 amide bonds. The Morgan fingerprint density at radius 1 is 1.17 bits per heavy atom. The van der Waals surface area contributed by atoms with Crippen LogP contribution in [0.25, 0.3) is 0 Å². The summed E-state index contributed by atoms with van der Waals surface area (Å²) in [7, 11) is 1.81. The van der Waals surface area contributed by atoms with Gasteiger partial charge in [0.25, 0.3) is 0 Å². The van der Waals surface area contributed by atoms with Gasteiger partial charge < -0.3 is 14.4 Å². The van der Waals surface area contributed by atoms with Gasteiger partial charge in [-0.2, -0.15) is 0 Å². The van der Waals surface area contributed by atoms with Crippen LogP contribution in [0.3, 0.4) is 0 Å². The van der Waals surface area contributed by atoms with Gasteiger partial charge in [-0.3, -0.25) is 0 Å². The highest BCUT2D eigenvalue weighted by atomic mass is 16.6. The van der Waals surface area contributed by atoms with Crippen molar-refractivity contribution in [1.29, 1.82) is 0 Å². The minimum Gasteiger partial charge on any atom is -0.456 e. The molecule has 23 heavy (non-hydrogen) atoms. The zero-order valence-corrected chi connectivity index (χ0v) is 15.0. The van der Waals surface area contributed by atoms with Crippen LogP contribution in [-0.4, -0.2) is 37.4 Å². The summed E-state index contributed by atoms with van der Waals surface area (Å²) >= 11 is 0. The van der Waals surface area contributed by atoms with Gasteiger partial charge in [-0.15, -0.1) is 0 Å². The van der Waals surface area contributed by atoms with E-state index in [0.29, 0.717) is 5.56 Å². The molecule has 0 aromatic heterocycles. The fourth-order valence-corrected chi connectivity index (χ4v) is 3.02. The first-order chi connectivity index (χ1) is 10.8. The largest absolute Gasteiger partial charge is 0.456 e. The predicted octanol–water partition coefficient (Wildman–Crippen LogP) is 4.04. The third-order valence-corrected chi connectivity index (χ3v) is 4.62. The number of carbonyl (C=O) groups is 1. The summed E-state index contributed by atoms with van der Waals surface area (Å²) in [6.07, 6.45) is 3.12. The Labute approximate surface area is 139 Å². The zero-order chi connectivity index (χ0) is 17.1. The molecule has 2 rings (SSSR count). The fourth-order valence-electron chi connectivity index (χ4n) is 3.02. The van der Waals surface area contributed by atoms with Crippen LogP contribution in [0.15, 0.2) is 24.3 Å². The van der Waals surface area contributed by atoms with Crippen LogP contribution in [0.5, 0.6) is 0 Å². The molecule has 0 N–H and O–H groups in total. The van der Waals surface area contributed by atoms with Crippen LogP contribution < -0.4 is 4.90 Å². The maximum absolute atomic E-state index is 12.1. The standard InChI is InChI=1S/C19H29NO3/c1-6-19(22-5)11-13-20(14-12-19)16-9-7-15(8-10-16)17(21)23-18(2,3)4/h7-10H,6,11-14H2,1-5H3. The summed E-state index contributed by atoms with van der Waals surface area (Å²) in [5, 5.41) is 0. The highest BCUT2D eigenvalue weighted by Crippen LogP contribution is 2.31. The van der Waals surface area contributed by atoms with Gasteiger partial charge in [-0.05, 0) is 64.3 Å². The number of carbonyl (C=O) groups excluding carboxylic acids is 1. The Balaban J connectivity index is 2.00. The molecule has 1 fully saturated rings. The van der Waals surface area contributed by atoms with E-state index in [2.05, 4.69) is 11.8 Å². The molecule has 1 heterocycles. The van der Waals surface area contributed by atoms with Gasteiger partial charge in [0.05, 0.1) is 11.2 Å². The van der Waals surface area contributed by atoms with Gasteiger partial charge in [-0.25, -0.2) is 4.79 Å². The van der Waals surface area contributed by atoms with Crippen molar-refractivity contribution in [2.75, 3.05) is 25.1 Å². The molecule has 1 saturated heterocycles. The molecule has 0 atom stereocenters. The molecule has 1 aliphatic heterocycles. The van der Waals surface area contributed by atoms with Crippen molar-refractivity contribution in [3.8, 4) is 0 Å². The third kappa shape index (κ3) is 4.47. The Morgan fingerprint density at radius 3 is 2.17 bits per heavy atom. The Morgan fingerprint density at radius 2 is 1.74 bits per heavy atom. The first-order valence-electron chi connectivity index (χ1n) is 8.42. The molecule has 0 aliphatic carbocycles. The normalized spacial score (nSPS) is 17.9. The van der Waals surface area contributed by atoms with E-state index in [1.165, 1.54) is 0 Å². The predicted molar refractivity (Wildman–Crippen MR) is 93.1 cm³/mol. The molecule has 0 bridgehead atoms. The van der Waals surface area contributed by atoms with Gasteiger partial charge >= 0.3 is 5.97 Å². The van der Waals surface area contributed by atoms with Gasteiger partial charge in [0.1, 0.15) is 5.60 Å². The summed E-state index contributed by atoms with van der Waals surface area (Å²) in [5.41, 5.74) is 1.32. The van der Waals surface area contributed by atoms with E-state index in [1.807, 2.05) is 52.1 Å². The molecule has 0 radical (unpaired) electrons. The second-order valence-corrected chi connectivity index (χ2v) is 7.28. The topological polar surface area (TPSA) is 38.8 Å². The Bertz CT molecular complexity index is 517. The molecule has 0 saturated carbocycles. The van der Waals surface area contributed by atoms with Crippen LogP contribution in [0.4, 0.5) is 5.69 Å². The van der Waals surface area contributed by atoms with E-state index >= 15 is 0 Å². The lowest BCUT2D eigenvalue weighted by molar-refractivity contribution is -0.0322. The number of hydrogen-bond donors (Lipinski definition) is 0. The lowest BCUT2D eigenvalue weighted by atomic mass is 9.88. The molecule has 0 spiro atoms. The van der Waals surface area contributed by atoms with Gasteiger partial charge in [0, 0.05) is 25.9 Å². The second kappa shape index (κ2) is 6.91. The number of benzene rings is 1. The average molecular weight is 319 g/mol. The van der Waals surface area contributed by atoms with Crippen molar-refractivity contribution < 1.29 is 14.3 Å². The van der Waals surface area contributed by atoms with Crippen molar-refractivity contribution in [2.24, 2.45) is 0 Å². The number of piperidine rings is 1. The molecule has 4 heteroatoms. The molecular weight excluding hydrogens is 290 g/mol. The van der Waals surface area contributed by atoms with E-state index in [4.69, 9.17) is 9.47 Å². The van der Waals surface area contributed by atoms with E-state index in [-0.39, 0.29) is 11.6 Å². The van der Waals surface area contributed by atoms with Crippen molar-refractivity contribution in [3.05, 3.63) is 29.8 Å². The third-order valence-electron chi connectivity index (χ3n) is 4.62. The zero-order valence-electron chi connectivity index (χ0n) is 15.0. The number of anilines is 1. The van der Waals surface area contributed by atoms with Crippen molar-refractivity contribution in [3.63, 3.8) is 0 Å². The molecule has 1 aromatic carbocycles. The van der Waals surface area contributed by atoms with Crippen molar-refractivity contribution in [2.45, 2.75) is 58.2 Å². The first-order valence-corrected chi connectivity index (χ1v) is 8.42. The highest BCUT2D eigenvalue weighted by molar-refractivity contribution is 5.90.